The average molecular weight is 74.1 g/mol. The van der Waals surface area contributed by atoms with Crippen molar-refractivity contribution in [1.82, 2.24) is 11.0 Å². The zero-order valence-corrected chi connectivity index (χ0v) is 2.82. The highest BCUT2D eigenvalue weighted by Gasteiger charge is 1.91. The standard InChI is InChI=1S/C2H6N2O/c1-2-5-4-3-1/h3-4H,1-2H2. The van der Waals surface area contributed by atoms with Crippen molar-refractivity contribution in [3.63, 3.8) is 0 Å². The van der Waals surface area contributed by atoms with Gasteiger partial charge in [0.05, 0.1) is 6.61 Å². The summed E-state index contributed by atoms with van der Waals surface area (Å²) in [6.45, 7) is 1.69. The van der Waals surface area contributed by atoms with Crippen molar-refractivity contribution in [3.8, 4) is 0 Å². The second-order valence-corrected chi connectivity index (χ2v) is 0.877. The Balaban J connectivity index is 2.08. The van der Waals surface area contributed by atoms with Crippen LogP contribution < -0.4 is 11.0 Å². The molecule has 2 N–H and O–H groups in total. The van der Waals surface area contributed by atoms with Crippen LogP contribution in [0.1, 0.15) is 0 Å². The van der Waals surface area contributed by atoms with Gasteiger partial charge in [-0.2, -0.15) is 0 Å². The number of hydrogen-bond acceptors (Lipinski definition) is 3. The monoisotopic (exact) mass is 74.0 g/mol. The van der Waals surface area contributed by atoms with Gasteiger partial charge in [-0.15, -0.1) is 5.59 Å². The minimum Gasteiger partial charge on any atom is -0.286 e. The first kappa shape index (κ1) is 3.08. The lowest BCUT2D eigenvalue weighted by molar-refractivity contribution is 0.0856. The molecule has 1 rings (SSSR count). The lowest BCUT2D eigenvalue weighted by Gasteiger charge is -1.81. The van der Waals surface area contributed by atoms with E-state index in [2.05, 4.69) is 15.9 Å². The second-order valence-electron chi connectivity index (χ2n) is 0.877. The minimum absolute atomic E-state index is 0.778. The van der Waals surface area contributed by atoms with Gasteiger partial charge >= 0.3 is 0 Å². The fourth-order valence-corrected chi connectivity index (χ4v) is 0.255. The van der Waals surface area contributed by atoms with E-state index in [1.807, 2.05) is 0 Å². The van der Waals surface area contributed by atoms with Crippen LogP contribution in [0.3, 0.4) is 0 Å². The lowest BCUT2D eigenvalue weighted by Crippen LogP contribution is -2.20. The van der Waals surface area contributed by atoms with Gasteiger partial charge in [-0.3, -0.25) is 4.84 Å². The second kappa shape index (κ2) is 1.35. The third-order valence-corrected chi connectivity index (χ3v) is 0.473. The molecular formula is C2H6N2O. The van der Waals surface area contributed by atoms with Crippen LogP contribution in [0.15, 0.2) is 0 Å². The highest BCUT2D eigenvalue weighted by atomic mass is 16.7. The molecule has 0 aromatic rings. The van der Waals surface area contributed by atoms with E-state index in [1.165, 1.54) is 0 Å². The Labute approximate surface area is 30.2 Å². The number of nitrogens with one attached hydrogen (secondary N) is 2. The minimum atomic E-state index is 0.778. The van der Waals surface area contributed by atoms with Gasteiger partial charge in [0.25, 0.3) is 0 Å². The Morgan fingerprint density at radius 3 is 2.80 bits per heavy atom. The van der Waals surface area contributed by atoms with E-state index < -0.39 is 0 Å². The zero-order chi connectivity index (χ0) is 3.54. The molecule has 30 valence electrons. The van der Waals surface area contributed by atoms with Gasteiger partial charge in [-0.25, -0.2) is 5.43 Å². The van der Waals surface area contributed by atoms with E-state index in [4.69, 9.17) is 0 Å². The zero-order valence-electron chi connectivity index (χ0n) is 2.82. The molecule has 0 amide bonds. The van der Waals surface area contributed by atoms with Crippen molar-refractivity contribution in [2.75, 3.05) is 13.2 Å². The van der Waals surface area contributed by atoms with Crippen molar-refractivity contribution in [2.45, 2.75) is 0 Å². The molecule has 0 aromatic heterocycles. The van der Waals surface area contributed by atoms with Crippen molar-refractivity contribution >= 4 is 0 Å². The molecule has 0 aromatic carbocycles. The average Bonchev–Trinajstić information content (AvgIpc) is 1.76. The fourth-order valence-electron chi connectivity index (χ4n) is 0.255. The molecule has 0 unspecified atom stereocenters. The summed E-state index contributed by atoms with van der Waals surface area (Å²) in [6, 6.07) is 0. The van der Waals surface area contributed by atoms with Gasteiger partial charge in [0.2, 0.25) is 0 Å². The van der Waals surface area contributed by atoms with E-state index in [1.54, 1.807) is 0 Å². The van der Waals surface area contributed by atoms with E-state index >= 15 is 0 Å². The van der Waals surface area contributed by atoms with Crippen LogP contribution >= 0.6 is 0 Å². The summed E-state index contributed by atoms with van der Waals surface area (Å²) in [5, 5.41) is 0. The Kier molecular flexibility index (Phi) is 0.834. The van der Waals surface area contributed by atoms with Gasteiger partial charge in [-0.05, 0) is 0 Å². The van der Waals surface area contributed by atoms with Gasteiger partial charge in [0, 0.05) is 6.54 Å². The Morgan fingerprint density at radius 1 is 1.60 bits per heavy atom. The maximum absolute atomic E-state index is 4.58. The van der Waals surface area contributed by atoms with Crippen LogP contribution in [0.4, 0.5) is 0 Å². The van der Waals surface area contributed by atoms with E-state index in [0.717, 1.165) is 13.2 Å². The van der Waals surface area contributed by atoms with Crippen LogP contribution in [-0.4, -0.2) is 13.2 Å². The quantitative estimate of drug-likeness (QED) is 0.387. The van der Waals surface area contributed by atoms with Crippen LogP contribution in [0.5, 0.6) is 0 Å². The van der Waals surface area contributed by atoms with Crippen molar-refractivity contribution in [2.24, 2.45) is 0 Å². The molecule has 0 radical (unpaired) electrons. The molecule has 0 atom stereocenters. The normalized spacial score (nSPS) is 24.0. The van der Waals surface area contributed by atoms with Crippen LogP contribution in [0.25, 0.3) is 0 Å². The SMILES string of the molecule is C1CONN1. The first-order valence-electron chi connectivity index (χ1n) is 1.60. The van der Waals surface area contributed by atoms with Crippen LogP contribution in [-0.2, 0) is 4.84 Å². The van der Waals surface area contributed by atoms with E-state index in [-0.39, 0.29) is 0 Å². The molecule has 3 heteroatoms. The summed E-state index contributed by atoms with van der Waals surface area (Å²) >= 11 is 0. The highest BCUT2D eigenvalue weighted by molar-refractivity contribution is 4.35. The van der Waals surface area contributed by atoms with Gasteiger partial charge in [0.15, 0.2) is 0 Å². The summed E-state index contributed by atoms with van der Waals surface area (Å²) in [6.07, 6.45) is 0. The molecule has 0 spiro atoms. The lowest BCUT2D eigenvalue weighted by atomic mass is 10.8. The van der Waals surface area contributed by atoms with Crippen molar-refractivity contribution in [1.29, 1.82) is 0 Å². The summed E-state index contributed by atoms with van der Waals surface area (Å²) in [4.78, 5) is 4.58. The molecule has 1 fully saturated rings. The summed E-state index contributed by atoms with van der Waals surface area (Å²) in [5.74, 6) is 0. The van der Waals surface area contributed by atoms with Crippen LogP contribution in [0, 0.1) is 0 Å². The third-order valence-electron chi connectivity index (χ3n) is 0.473. The maximum Gasteiger partial charge on any atom is 0.0838 e. The Morgan fingerprint density at radius 2 is 2.60 bits per heavy atom. The topological polar surface area (TPSA) is 33.3 Å². The van der Waals surface area contributed by atoms with Crippen molar-refractivity contribution in [3.05, 3.63) is 0 Å². The molecule has 1 aliphatic rings. The van der Waals surface area contributed by atoms with Gasteiger partial charge < -0.3 is 0 Å². The predicted molar refractivity (Wildman–Crippen MR) is 17.1 cm³/mol. The largest absolute Gasteiger partial charge is 0.286 e. The molecule has 1 heterocycles. The number of rotatable bonds is 0. The molecule has 0 bridgehead atoms. The Hall–Kier alpha value is -0.120. The molecule has 0 aliphatic carbocycles. The molecule has 1 saturated heterocycles. The van der Waals surface area contributed by atoms with Gasteiger partial charge in [0.1, 0.15) is 0 Å². The molecular weight excluding hydrogens is 68.0 g/mol. The molecule has 5 heavy (non-hydrogen) atoms. The first-order valence-corrected chi connectivity index (χ1v) is 1.60. The Bertz CT molecular complexity index is 19.2. The van der Waals surface area contributed by atoms with E-state index in [0.29, 0.717) is 0 Å². The smallest absolute Gasteiger partial charge is 0.0838 e. The molecule has 0 saturated carbocycles. The van der Waals surface area contributed by atoms with E-state index in [9.17, 15) is 0 Å². The van der Waals surface area contributed by atoms with Crippen molar-refractivity contribution < 1.29 is 4.84 Å². The highest BCUT2D eigenvalue weighted by Crippen LogP contribution is 1.67. The predicted octanol–water partition coefficient (Wildman–Crippen LogP) is -0.974. The summed E-state index contributed by atoms with van der Waals surface area (Å²) in [5.41, 5.74) is 5.22. The molecule has 3 nitrogen and oxygen atoms in total. The third kappa shape index (κ3) is 0.576. The van der Waals surface area contributed by atoms with Crippen LogP contribution in [0.2, 0.25) is 0 Å². The number of hydrazine groups is 1. The number of hydrogen-bond donors (Lipinski definition) is 2. The summed E-state index contributed by atoms with van der Waals surface area (Å²) in [7, 11) is 0. The maximum atomic E-state index is 4.58. The molecule has 1 aliphatic heterocycles. The fraction of sp³-hybridized carbons (Fsp3) is 1.00. The first-order chi connectivity index (χ1) is 2.50. The summed E-state index contributed by atoms with van der Waals surface area (Å²) < 4.78 is 0. The van der Waals surface area contributed by atoms with Gasteiger partial charge in [-0.1, -0.05) is 0 Å².